The molecule has 0 saturated carbocycles. The first-order valence-electron chi connectivity index (χ1n) is 11.4. The largest absolute Gasteiger partial charge is 0.507 e. The van der Waals surface area contributed by atoms with Gasteiger partial charge in [-0.3, -0.25) is 14.5 Å². The molecular weight excluding hydrogens is 476 g/mol. The van der Waals surface area contributed by atoms with Gasteiger partial charge in [-0.2, -0.15) is 0 Å². The van der Waals surface area contributed by atoms with Crippen molar-refractivity contribution in [2.75, 3.05) is 26.2 Å². The van der Waals surface area contributed by atoms with Gasteiger partial charge in [-0.05, 0) is 35.9 Å². The molecule has 1 fully saturated rings. The Balaban J connectivity index is 1.82. The fourth-order valence-corrected chi connectivity index (χ4v) is 4.74. The van der Waals surface area contributed by atoms with Gasteiger partial charge in [-0.1, -0.05) is 30.3 Å². The maximum atomic E-state index is 13.5. The van der Waals surface area contributed by atoms with Crippen molar-refractivity contribution in [2.45, 2.75) is 6.04 Å². The summed E-state index contributed by atoms with van der Waals surface area (Å²) in [7, 11) is 4.37. The van der Waals surface area contributed by atoms with E-state index in [1.54, 1.807) is 36.5 Å². The quantitative estimate of drug-likeness (QED) is 0.202. The number of aromatic nitrogens is 1. The second-order valence-electron chi connectivity index (χ2n) is 8.36. The van der Waals surface area contributed by atoms with Crippen molar-refractivity contribution < 1.29 is 34.0 Å². The normalized spacial score (nSPS) is 16.8. The summed E-state index contributed by atoms with van der Waals surface area (Å²) in [5, 5.41) is 22.8. The van der Waals surface area contributed by atoms with E-state index < -0.39 is 17.7 Å². The summed E-state index contributed by atoms with van der Waals surface area (Å²) in [6.07, 6.45) is 1.58. The van der Waals surface area contributed by atoms with Gasteiger partial charge in [-0.25, -0.2) is 0 Å². The molecule has 0 bridgehead atoms. The van der Waals surface area contributed by atoms with Crippen LogP contribution in [0.25, 0.3) is 16.7 Å². The van der Waals surface area contributed by atoms with Crippen molar-refractivity contribution in [1.82, 2.24) is 4.98 Å². The van der Waals surface area contributed by atoms with Gasteiger partial charge in [-0.15, -0.1) is 0 Å². The Morgan fingerprint density at radius 1 is 0.919 bits per heavy atom. The van der Waals surface area contributed by atoms with Crippen LogP contribution in [0.1, 0.15) is 17.2 Å². The second kappa shape index (κ2) is 9.27. The van der Waals surface area contributed by atoms with E-state index in [9.17, 15) is 19.8 Å². The number of phenols is 1. The van der Waals surface area contributed by atoms with E-state index in [0.29, 0.717) is 33.8 Å². The summed E-state index contributed by atoms with van der Waals surface area (Å²) < 4.78 is 16.4. The lowest BCUT2D eigenvalue weighted by molar-refractivity contribution is -0.132. The molecule has 37 heavy (non-hydrogen) atoms. The minimum absolute atomic E-state index is 0.112. The van der Waals surface area contributed by atoms with Crippen LogP contribution in [0, 0.1) is 0 Å². The number of carbonyl (C=O) groups excluding carboxylic acids is 2. The Kier molecular flexibility index (Phi) is 5.96. The van der Waals surface area contributed by atoms with Gasteiger partial charge in [0, 0.05) is 22.7 Å². The van der Waals surface area contributed by atoms with Crippen LogP contribution < -0.4 is 19.1 Å². The highest BCUT2D eigenvalue weighted by Crippen LogP contribution is 2.48. The zero-order chi connectivity index (χ0) is 26.3. The van der Waals surface area contributed by atoms with Gasteiger partial charge in [0.25, 0.3) is 11.7 Å². The number of Topliss-reactive ketones (excluding diaryl/α,β-unsaturated/α-hetero) is 1. The third kappa shape index (κ3) is 3.72. The molecule has 1 amide bonds. The molecule has 9 heteroatoms. The highest BCUT2D eigenvalue weighted by Gasteiger charge is 2.48. The molecule has 188 valence electrons. The number of anilines is 1. The first-order valence-corrected chi connectivity index (χ1v) is 11.4. The number of hydrogen-bond donors (Lipinski definition) is 3. The van der Waals surface area contributed by atoms with Crippen LogP contribution in [0.2, 0.25) is 0 Å². The number of methoxy groups -OCH3 is 3. The molecule has 9 nitrogen and oxygen atoms in total. The van der Waals surface area contributed by atoms with Crippen LogP contribution in [-0.4, -0.2) is 48.2 Å². The highest BCUT2D eigenvalue weighted by molar-refractivity contribution is 6.52. The van der Waals surface area contributed by atoms with E-state index in [2.05, 4.69) is 4.98 Å². The Morgan fingerprint density at radius 2 is 1.57 bits per heavy atom. The third-order valence-electron chi connectivity index (χ3n) is 6.43. The lowest BCUT2D eigenvalue weighted by atomic mass is 9.94. The lowest BCUT2D eigenvalue weighted by Gasteiger charge is -2.27. The number of phenolic OH excluding ortho intramolecular Hbond substituents is 1. The number of rotatable bonds is 6. The average Bonchev–Trinajstić information content (AvgIpc) is 3.46. The predicted molar refractivity (Wildman–Crippen MR) is 137 cm³/mol. The number of nitrogens with zero attached hydrogens (tertiary/aromatic N) is 1. The fourth-order valence-electron chi connectivity index (χ4n) is 4.74. The number of aromatic amines is 1. The molecule has 3 aromatic carbocycles. The molecule has 1 aliphatic rings. The second-order valence-corrected chi connectivity index (χ2v) is 8.36. The van der Waals surface area contributed by atoms with Crippen LogP contribution >= 0.6 is 0 Å². The van der Waals surface area contributed by atoms with Crippen LogP contribution in [0.4, 0.5) is 5.69 Å². The third-order valence-corrected chi connectivity index (χ3v) is 6.43. The predicted octanol–water partition coefficient (Wildman–Crippen LogP) is 4.53. The number of nitrogens with one attached hydrogen (secondary N) is 1. The number of hydrogen-bond acceptors (Lipinski definition) is 7. The van der Waals surface area contributed by atoms with Crippen molar-refractivity contribution >= 4 is 34.0 Å². The zero-order valence-electron chi connectivity index (χ0n) is 20.3. The van der Waals surface area contributed by atoms with Gasteiger partial charge in [0.1, 0.15) is 11.5 Å². The molecule has 3 N–H and O–H groups in total. The number of aliphatic hydroxyl groups excluding tert-OH is 1. The van der Waals surface area contributed by atoms with Crippen LogP contribution in [0.15, 0.2) is 72.4 Å². The number of aromatic hydroxyl groups is 1. The minimum Gasteiger partial charge on any atom is -0.507 e. The van der Waals surface area contributed by atoms with Crippen molar-refractivity contribution in [3.8, 4) is 23.0 Å². The fraction of sp³-hybridized carbons (Fsp3) is 0.143. The van der Waals surface area contributed by atoms with Gasteiger partial charge in [0.2, 0.25) is 5.75 Å². The summed E-state index contributed by atoms with van der Waals surface area (Å²) in [6, 6.07) is 15.6. The summed E-state index contributed by atoms with van der Waals surface area (Å²) in [5.74, 6) is -1.43. The lowest BCUT2D eigenvalue weighted by Crippen LogP contribution is -2.29. The molecule has 1 aliphatic heterocycles. The standard InChI is InChI=1S/C28H24N2O7/c1-35-21-12-15(13-22(36-2)27(21)37-3)24-23(25(32)17-14-29-18-9-5-4-8-16(17)18)26(33)28(34)30(24)19-10-6-7-11-20(19)31/h4-14,24,29,31-32H,1-3H3/b25-23-. The Bertz CT molecular complexity index is 1540. The molecule has 0 radical (unpaired) electrons. The summed E-state index contributed by atoms with van der Waals surface area (Å²) in [5.41, 5.74) is 1.48. The summed E-state index contributed by atoms with van der Waals surface area (Å²) in [4.78, 5) is 31.2. The molecular formula is C28H24N2O7. The van der Waals surface area contributed by atoms with Gasteiger partial charge >= 0.3 is 0 Å². The van der Waals surface area contributed by atoms with Crippen LogP contribution in [0.5, 0.6) is 23.0 Å². The molecule has 2 heterocycles. The summed E-state index contributed by atoms with van der Waals surface area (Å²) in [6.45, 7) is 0. The van der Waals surface area contributed by atoms with E-state index >= 15 is 0 Å². The first kappa shape index (κ1) is 23.8. The van der Waals surface area contributed by atoms with E-state index in [1.165, 1.54) is 38.4 Å². The molecule has 0 spiro atoms. The van der Waals surface area contributed by atoms with Crippen molar-refractivity contribution in [3.05, 3.63) is 83.6 Å². The Labute approximate surface area is 212 Å². The minimum atomic E-state index is -1.12. The topological polar surface area (TPSA) is 121 Å². The van der Waals surface area contributed by atoms with E-state index in [0.717, 1.165) is 5.52 Å². The SMILES string of the molecule is COc1cc(C2/C(=C(/O)c3c[nH]c4ccccc34)C(=O)C(=O)N2c2ccccc2O)cc(OC)c1OC. The molecule has 1 aromatic heterocycles. The highest BCUT2D eigenvalue weighted by atomic mass is 16.5. The molecule has 1 atom stereocenters. The number of aliphatic hydroxyl groups is 1. The maximum Gasteiger partial charge on any atom is 0.300 e. The van der Waals surface area contributed by atoms with Crippen molar-refractivity contribution in [3.63, 3.8) is 0 Å². The first-order chi connectivity index (χ1) is 17.9. The zero-order valence-corrected chi connectivity index (χ0v) is 20.3. The van der Waals surface area contributed by atoms with E-state index in [4.69, 9.17) is 14.2 Å². The smallest absolute Gasteiger partial charge is 0.300 e. The van der Waals surface area contributed by atoms with Gasteiger partial charge in [0.15, 0.2) is 11.5 Å². The molecule has 1 saturated heterocycles. The molecule has 4 aromatic rings. The van der Waals surface area contributed by atoms with Crippen LogP contribution in [-0.2, 0) is 9.59 Å². The van der Waals surface area contributed by atoms with Gasteiger partial charge < -0.3 is 29.4 Å². The van der Waals surface area contributed by atoms with Gasteiger partial charge in [0.05, 0.1) is 38.6 Å². The van der Waals surface area contributed by atoms with E-state index in [-0.39, 0.29) is 22.8 Å². The van der Waals surface area contributed by atoms with Crippen molar-refractivity contribution in [1.29, 1.82) is 0 Å². The number of fused-ring (bicyclic) bond motifs is 1. The number of benzene rings is 3. The number of amides is 1. The number of ether oxygens (including phenoxy) is 3. The molecule has 1 unspecified atom stereocenters. The summed E-state index contributed by atoms with van der Waals surface area (Å²) >= 11 is 0. The Morgan fingerprint density at radius 3 is 2.22 bits per heavy atom. The maximum absolute atomic E-state index is 13.5. The van der Waals surface area contributed by atoms with E-state index in [1.807, 2.05) is 18.2 Å². The average molecular weight is 501 g/mol. The molecule has 5 rings (SSSR count). The number of H-pyrrole nitrogens is 1. The number of para-hydroxylation sites is 3. The number of carbonyl (C=O) groups is 2. The monoisotopic (exact) mass is 500 g/mol. The van der Waals surface area contributed by atoms with Crippen molar-refractivity contribution in [2.24, 2.45) is 0 Å². The van der Waals surface area contributed by atoms with Crippen LogP contribution in [0.3, 0.4) is 0 Å². The molecule has 0 aliphatic carbocycles. The Hall–Kier alpha value is -4.92. The number of ketones is 1.